The van der Waals surface area contributed by atoms with Gasteiger partial charge in [0, 0.05) is 11.9 Å². The van der Waals surface area contributed by atoms with Crippen molar-refractivity contribution in [2.24, 2.45) is 0 Å². The molecule has 0 aliphatic heterocycles. The number of ether oxygens (including phenoxy) is 1. The van der Waals surface area contributed by atoms with Gasteiger partial charge in [-0.2, -0.15) is 0 Å². The van der Waals surface area contributed by atoms with Gasteiger partial charge in [-0.1, -0.05) is 37.3 Å². The molecule has 0 fully saturated rings. The average Bonchev–Trinajstić information content (AvgIpc) is 2.83. The number of nitrogens with one attached hydrogen (secondary N) is 2. The second-order valence-electron chi connectivity index (χ2n) is 7.38. The molecule has 1 atom stereocenters. The van der Waals surface area contributed by atoms with E-state index < -0.39 is 16.1 Å². The van der Waals surface area contributed by atoms with Crippen LogP contribution in [0.1, 0.15) is 13.3 Å². The molecule has 0 saturated heterocycles. The zero-order chi connectivity index (χ0) is 23.3. The van der Waals surface area contributed by atoms with E-state index in [0.717, 1.165) is 10.8 Å². The molecule has 1 heterocycles. The molecule has 3 aromatic carbocycles. The highest BCUT2D eigenvalue weighted by atomic mass is 32.2. The monoisotopic (exact) mass is 461 g/mol. The maximum atomic E-state index is 12.8. The summed E-state index contributed by atoms with van der Waals surface area (Å²) >= 11 is 0. The zero-order valence-corrected chi connectivity index (χ0v) is 18.7. The number of anilines is 2. The Morgan fingerprint density at radius 2 is 1.70 bits per heavy atom. The van der Waals surface area contributed by atoms with E-state index in [0.29, 0.717) is 23.5 Å². The highest BCUT2D eigenvalue weighted by molar-refractivity contribution is 7.92. The number of carbonyl (C=O) groups excluding carboxylic acids is 1. The van der Waals surface area contributed by atoms with E-state index in [1.807, 2.05) is 49.4 Å². The molecule has 0 aliphatic rings. The number of carbonyl (C=O) groups is 1. The fourth-order valence-corrected chi connectivity index (χ4v) is 4.35. The van der Waals surface area contributed by atoms with Crippen LogP contribution in [0.15, 0.2) is 96.2 Å². The van der Waals surface area contributed by atoms with E-state index in [-0.39, 0.29) is 10.8 Å². The summed E-state index contributed by atoms with van der Waals surface area (Å²) in [6, 6.07) is 22.8. The molecule has 0 spiro atoms. The molecule has 0 bridgehead atoms. The molecule has 4 rings (SSSR count). The Balaban J connectivity index is 1.42. The summed E-state index contributed by atoms with van der Waals surface area (Å²) in [6.07, 6.45) is 2.76. The van der Waals surface area contributed by atoms with Crippen molar-refractivity contribution in [3.8, 4) is 5.75 Å². The van der Waals surface area contributed by atoms with Gasteiger partial charge in [-0.25, -0.2) is 8.42 Å². The third kappa shape index (κ3) is 5.48. The zero-order valence-electron chi connectivity index (χ0n) is 17.9. The molecule has 33 heavy (non-hydrogen) atoms. The van der Waals surface area contributed by atoms with Gasteiger partial charge < -0.3 is 10.1 Å². The Labute approximate surface area is 192 Å². The van der Waals surface area contributed by atoms with E-state index in [4.69, 9.17) is 4.74 Å². The Morgan fingerprint density at radius 1 is 0.939 bits per heavy atom. The smallest absolute Gasteiger partial charge is 0.265 e. The number of sulfonamides is 1. The van der Waals surface area contributed by atoms with Crippen LogP contribution in [-0.2, 0) is 14.8 Å². The lowest BCUT2D eigenvalue weighted by atomic mass is 10.1. The first kappa shape index (κ1) is 22.3. The lowest BCUT2D eigenvalue weighted by molar-refractivity contribution is -0.122. The normalized spacial score (nSPS) is 12.2. The van der Waals surface area contributed by atoms with Gasteiger partial charge in [-0.3, -0.25) is 14.5 Å². The highest BCUT2D eigenvalue weighted by Gasteiger charge is 2.20. The topological polar surface area (TPSA) is 97.4 Å². The van der Waals surface area contributed by atoms with Crippen molar-refractivity contribution in [1.82, 2.24) is 4.98 Å². The van der Waals surface area contributed by atoms with Crippen LogP contribution in [-0.4, -0.2) is 25.4 Å². The molecule has 168 valence electrons. The summed E-state index contributed by atoms with van der Waals surface area (Å²) in [7, 11) is -3.77. The molecule has 0 aliphatic carbocycles. The van der Waals surface area contributed by atoms with Gasteiger partial charge in [-0.05, 0) is 65.7 Å². The maximum absolute atomic E-state index is 12.8. The number of hydrogen-bond donors (Lipinski definition) is 2. The molecule has 2 N–H and O–H groups in total. The Bertz CT molecular complexity index is 1360. The Hall–Kier alpha value is -3.91. The number of pyridine rings is 1. The van der Waals surface area contributed by atoms with Crippen molar-refractivity contribution in [2.75, 3.05) is 10.0 Å². The van der Waals surface area contributed by atoms with E-state index in [1.165, 1.54) is 18.3 Å². The lowest BCUT2D eigenvalue weighted by Gasteiger charge is -2.18. The molecule has 4 aromatic rings. The number of benzene rings is 3. The number of nitrogens with zero attached hydrogens (tertiary/aromatic N) is 1. The number of fused-ring (bicyclic) bond motifs is 1. The third-order valence-electron chi connectivity index (χ3n) is 5.01. The van der Waals surface area contributed by atoms with Gasteiger partial charge in [0.1, 0.15) is 5.75 Å². The Morgan fingerprint density at radius 3 is 2.39 bits per heavy atom. The van der Waals surface area contributed by atoms with Gasteiger partial charge in [0.2, 0.25) is 0 Å². The molecule has 0 radical (unpaired) electrons. The van der Waals surface area contributed by atoms with Crippen molar-refractivity contribution in [1.29, 1.82) is 0 Å². The van der Waals surface area contributed by atoms with Crippen molar-refractivity contribution in [3.63, 3.8) is 0 Å². The minimum atomic E-state index is -3.77. The summed E-state index contributed by atoms with van der Waals surface area (Å²) in [5, 5.41) is 4.91. The van der Waals surface area contributed by atoms with Gasteiger partial charge in [-0.15, -0.1) is 0 Å². The predicted molar refractivity (Wildman–Crippen MR) is 129 cm³/mol. The minimum Gasteiger partial charge on any atom is -0.481 e. The molecular weight excluding hydrogens is 438 g/mol. The predicted octanol–water partition coefficient (Wildman–Crippen LogP) is 4.83. The van der Waals surface area contributed by atoms with E-state index >= 15 is 0 Å². The number of amides is 1. The van der Waals surface area contributed by atoms with Crippen LogP contribution in [0, 0.1) is 0 Å². The highest BCUT2D eigenvalue weighted by Crippen LogP contribution is 2.23. The van der Waals surface area contributed by atoms with Crippen LogP contribution in [0.25, 0.3) is 10.8 Å². The second kappa shape index (κ2) is 9.70. The second-order valence-corrected chi connectivity index (χ2v) is 9.07. The molecule has 0 unspecified atom stereocenters. The van der Waals surface area contributed by atoms with Crippen LogP contribution >= 0.6 is 0 Å². The van der Waals surface area contributed by atoms with Gasteiger partial charge in [0.05, 0.1) is 16.8 Å². The van der Waals surface area contributed by atoms with Crippen LogP contribution in [0.4, 0.5) is 11.4 Å². The van der Waals surface area contributed by atoms with Gasteiger partial charge >= 0.3 is 0 Å². The quantitative estimate of drug-likeness (QED) is 0.392. The maximum Gasteiger partial charge on any atom is 0.265 e. The third-order valence-corrected chi connectivity index (χ3v) is 6.41. The molecule has 0 saturated carbocycles. The van der Waals surface area contributed by atoms with Gasteiger partial charge in [0.25, 0.3) is 15.9 Å². The van der Waals surface area contributed by atoms with Crippen LogP contribution in [0.3, 0.4) is 0 Å². The Kier molecular flexibility index (Phi) is 6.55. The number of hydrogen-bond acceptors (Lipinski definition) is 5. The minimum absolute atomic E-state index is 0.0730. The van der Waals surface area contributed by atoms with Crippen molar-refractivity contribution < 1.29 is 17.9 Å². The largest absolute Gasteiger partial charge is 0.481 e. The SMILES string of the molecule is CC[C@H](Oc1ccc2ccccc2c1)C(=O)Nc1ccc(S(=O)(=O)Nc2cccnc2)cc1. The summed E-state index contributed by atoms with van der Waals surface area (Å²) in [5.74, 6) is 0.299. The molecule has 1 aromatic heterocycles. The fourth-order valence-electron chi connectivity index (χ4n) is 3.30. The summed E-state index contributed by atoms with van der Waals surface area (Å²) in [5.41, 5.74) is 0.840. The number of aromatic nitrogens is 1. The fraction of sp³-hybridized carbons (Fsp3) is 0.120. The molecular formula is C25H23N3O4S. The average molecular weight is 462 g/mol. The first-order chi connectivity index (χ1) is 15.9. The summed E-state index contributed by atoms with van der Waals surface area (Å²) in [6.45, 7) is 1.87. The van der Waals surface area contributed by atoms with E-state index in [1.54, 1.807) is 30.5 Å². The number of rotatable bonds is 8. The summed E-state index contributed by atoms with van der Waals surface area (Å²) < 4.78 is 33.5. The van der Waals surface area contributed by atoms with Crippen LogP contribution < -0.4 is 14.8 Å². The van der Waals surface area contributed by atoms with Crippen molar-refractivity contribution >= 4 is 38.1 Å². The van der Waals surface area contributed by atoms with Crippen molar-refractivity contribution in [2.45, 2.75) is 24.3 Å². The lowest BCUT2D eigenvalue weighted by Crippen LogP contribution is -2.32. The van der Waals surface area contributed by atoms with E-state index in [9.17, 15) is 13.2 Å². The molecule has 7 nitrogen and oxygen atoms in total. The summed E-state index contributed by atoms with van der Waals surface area (Å²) in [4.78, 5) is 16.7. The molecule has 8 heteroatoms. The first-order valence-corrected chi connectivity index (χ1v) is 11.9. The van der Waals surface area contributed by atoms with Crippen molar-refractivity contribution in [3.05, 3.63) is 91.3 Å². The standard InChI is InChI=1S/C25H23N3O4S/c1-2-24(32-22-12-9-18-6-3-4-7-19(18)16-22)25(29)27-20-10-13-23(14-11-20)33(30,31)28-21-8-5-15-26-17-21/h3-17,24,28H,2H2,1H3,(H,27,29)/t24-/m0/s1. The van der Waals surface area contributed by atoms with Crippen LogP contribution in [0.5, 0.6) is 5.75 Å². The van der Waals surface area contributed by atoms with E-state index in [2.05, 4.69) is 15.0 Å². The van der Waals surface area contributed by atoms with Crippen LogP contribution in [0.2, 0.25) is 0 Å². The van der Waals surface area contributed by atoms with Gasteiger partial charge in [0.15, 0.2) is 6.10 Å². The first-order valence-electron chi connectivity index (χ1n) is 10.4. The molecule has 1 amide bonds.